The van der Waals surface area contributed by atoms with E-state index in [1.165, 1.54) is 12.1 Å². The van der Waals surface area contributed by atoms with E-state index in [1.54, 1.807) is 6.92 Å². The van der Waals surface area contributed by atoms with Crippen LogP contribution in [-0.2, 0) is 29.4 Å². The van der Waals surface area contributed by atoms with E-state index >= 15 is 0 Å². The van der Waals surface area contributed by atoms with Crippen molar-refractivity contribution in [2.24, 2.45) is 0 Å². The number of likely N-dealkylation sites (N-methyl/N-ethyl adjacent to an activating group) is 1. The van der Waals surface area contributed by atoms with Crippen LogP contribution in [0.3, 0.4) is 0 Å². The smallest absolute Gasteiger partial charge is 0.262 e. The number of anilines is 1. The zero-order valence-electron chi connectivity index (χ0n) is 15.5. The SMILES string of the molecule is CCN(CC(=O)NC1CCS(=O)(=O)C1)S(=O)(=O)c1cc2c(cc1Cl)NC(=O)CO2. The molecule has 160 valence electrons. The lowest BCUT2D eigenvalue weighted by Gasteiger charge is -2.24. The first-order valence-electron chi connectivity index (χ1n) is 8.78. The summed E-state index contributed by atoms with van der Waals surface area (Å²) >= 11 is 6.12. The van der Waals surface area contributed by atoms with E-state index in [-0.39, 0.29) is 51.9 Å². The third-order valence-electron chi connectivity index (χ3n) is 4.55. The second kappa shape index (κ2) is 8.09. The number of amides is 2. The molecule has 0 aliphatic carbocycles. The predicted octanol–water partition coefficient (Wildman–Crippen LogP) is -0.0152. The first-order valence-corrected chi connectivity index (χ1v) is 12.4. The van der Waals surface area contributed by atoms with Crippen LogP contribution in [0.4, 0.5) is 5.69 Å². The summed E-state index contributed by atoms with van der Waals surface area (Å²) in [5.74, 6) is -0.990. The summed E-state index contributed by atoms with van der Waals surface area (Å²) in [6.07, 6.45) is 0.298. The Bertz CT molecular complexity index is 1060. The molecule has 29 heavy (non-hydrogen) atoms. The van der Waals surface area contributed by atoms with Gasteiger partial charge in [-0.15, -0.1) is 0 Å². The number of carbonyl (C=O) groups is 2. The second-order valence-corrected chi connectivity index (χ2v) is 11.3. The van der Waals surface area contributed by atoms with Crippen LogP contribution in [0.25, 0.3) is 0 Å². The standard InChI is InChI=1S/C16H20ClN3O7S2/c1-2-20(7-15(21)18-10-3-4-28(23,24)9-10)29(25,26)14-6-13-12(5-11(14)17)19-16(22)8-27-13/h5-6,10H,2-4,7-9H2,1H3,(H,18,21)(H,19,22). The third kappa shape index (κ3) is 4.82. The number of nitrogens with zero attached hydrogens (tertiary/aromatic N) is 1. The number of sulfone groups is 1. The Morgan fingerprint density at radius 3 is 2.76 bits per heavy atom. The molecule has 1 aromatic rings. The van der Waals surface area contributed by atoms with Crippen molar-refractivity contribution in [2.75, 3.05) is 36.5 Å². The molecule has 0 spiro atoms. The van der Waals surface area contributed by atoms with Crippen molar-refractivity contribution in [1.29, 1.82) is 0 Å². The van der Waals surface area contributed by atoms with Gasteiger partial charge in [-0.05, 0) is 12.5 Å². The summed E-state index contributed by atoms with van der Waals surface area (Å²) in [5.41, 5.74) is 0.258. The second-order valence-electron chi connectivity index (χ2n) is 6.71. The van der Waals surface area contributed by atoms with Gasteiger partial charge in [0.25, 0.3) is 5.91 Å². The van der Waals surface area contributed by atoms with Gasteiger partial charge in [0.1, 0.15) is 10.6 Å². The third-order valence-corrected chi connectivity index (χ3v) is 8.71. The fraction of sp³-hybridized carbons (Fsp3) is 0.500. The normalized spacial score (nSPS) is 20.7. The molecule has 1 saturated heterocycles. The molecule has 0 radical (unpaired) electrons. The maximum atomic E-state index is 13.0. The van der Waals surface area contributed by atoms with Crippen LogP contribution in [0.2, 0.25) is 5.02 Å². The average Bonchev–Trinajstić information content (AvgIpc) is 2.96. The van der Waals surface area contributed by atoms with E-state index in [2.05, 4.69) is 10.6 Å². The van der Waals surface area contributed by atoms with Crippen LogP contribution in [0.5, 0.6) is 5.75 Å². The average molecular weight is 466 g/mol. The van der Waals surface area contributed by atoms with Crippen molar-refractivity contribution in [3.05, 3.63) is 17.2 Å². The molecule has 0 aromatic heterocycles. The van der Waals surface area contributed by atoms with Gasteiger partial charge in [0.15, 0.2) is 16.4 Å². The first-order chi connectivity index (χ1) is 13.5. The Hall–Kier alpha value is -1.89. The molecule has 2 heterocycles. The molecular weight excluding hydrogens is 446 g/mol. The lowest BCUT2D eigenvalue weighted by atomic mass is 10.2. The first kappa shape index (κ1) is 21.8. The van der Waals surface area contributed by atoms with E-state index in [0.29, 0.717) is 6.42 Å². The Morgan fingerprint density at radius 1 is 1.41 bits per heavy atom. The number of sulfonamides is 1. The Kier molecular flexibility index (Phi) is 6.08. The van der Waals surface area contributed by atoms with Gasteiger partial charge in [-0.3, -0.25) is 9.59 Å². The Labute approximate surface area is 173 Å². The molecular formula is C16H20ClN3O7S2. The van der Waals surface area contributed by atoms with E-state index in [1.807, 2.05) is 0 Å². The summed E-state index contributed by atoms with van der Waals surface area (Å²) in [5, 5.41) is 4.97. The monoisotopic (exact) mass is 465 g/mol. The highest BCUT2D eigenvalue weighted by Crippen LogP contribution is 2.36. The van der Waals surface area contributed by atoms with Crippen molar-refractivity contribution in [3.63, 3.8) is 0 Å². The quantitative estimate of drug-likeness (QED) is 0.602. The number of carbonyl (C=O) groups excluding carboxylic acids is 2. The number of hydrogen-bond donors (Lipinski definition) is 2. The van der Waals surface area contributed by atoms with E-state index in [9.17, 15) is 26.4 Å². The molecule has 13 heteroatoms. The number of halogens is 1. The van der Waals surface area contributed by atoms with Crippen LogP contribution >= 0.6 is 11.6 Å². The van der Waals surface area contributed by atoms with Crippen LogP contribution < -0.4 is 15.4 Å². The van der Waals surface area contributed by atoms with E-state index in [0.717, 1.165) is 4.31 Å². The molecule has 2 N–H and O–H groups in total. The highest BCUT2D eigenvalue weighted by atomic mass is 35.5. The van der Waals surface area contributed by atoms with Gasteiger partial charge in [-0.25, -0.2) is 16.8 Å². The Balaban J connectivity index is 1.78. The molecule has 10 nitrogen and oxygen atoms in total. The number of hydrogen-bond acceptors (Lipinski definition) is 7. The van der Waals surface area contributed by atoms with Crippen molar-refractivity contribution >= 4 is 49.0 Å². The van der Waals surface area contributed by atoms with E-state index < -0.39 is 38.4 Å². The lowest BCUT2D eigenvalue weighted by Crippen LogP contribution is -2.44. The molecule has 2 amide bonds. The minimum Gasteiger partial charge on any atom is -0.482 e. The molecule has 2 aliphatic rings. The number of benzene rings is 1. The van der Waals surface area contributed by atoms with Crippen LogP contribution in [0.15, 0.2) is 17.0 Å². The minimum atomic E-state index is -4.15. The number of ether oxygens (including phenoxy) is 1. The van der Waals surface area contributed by atoms with Crippen LogP contribution in [0.1, 0.15) is 13.3 Å². The van der Waals surface area contributed by atoms with Crippen LogP contribution in [-0.4, -0.2) is 70.2 Å². The topological polar surface area (TPSA) is 139 Å². The number of nitrogens with one attached hydrogen (secondary N) is 2. The maximum absolute atomic E-state index is 13.0. The van der Waals surface area contributed by atoms with Crippen molar-refractivity contribution in [3.8, 4) is 5.75 Å². The van der Waals surface area contributed by atoms with Gasteiger partial charge in [0.05, 0.1) is 28.8 Å². The maximum Gasteiger partial charge on any atom is 0.262 e. The lowest BCUT2D eigenvalue weighted by molar-refractivity contribution is -0.122. The summed E-state index contributed by atoms with van der Waals surface area (Å²) < 4.78 is 55.3. The molecule has 1 atom stereocenters. The Morgan fingerprint density at radius 2 is 2.14 bits per heavy atom. The highest BCUT2D eigenvalue weighted by molar-refractivity contribution is 7.91. The summed E-state index contributed by atoms with van der Waals surface area (Å²) in [7, 11) is -7.32. The van der Waals surface area contributed by atoms with Gasteiger partial charge < -0.3 is 15.4 Å². The molecule has 1 aromatic carbocycles. The van der Waals surface area contributed by atoms with E-state index in [4.69, 9.17) is 16.3 Å². The molecule has 0 bridgehead atoms. The zero-order valence-corrected chi connectivity index (χ0v) is 17.9. The molecule has 0 saturated carbocycles. The predicted molar refractivity (Wildman–Crippen MR) is 105 cm³/mol. The summed E-state index contributed by atoms with van der Waals surface area (Å²) in [4.78, 5) is 23.4. The van der Waals surface area contributed by atoms with Gasteiger partial charge in [0, 0.05) is 18.7 Å². The highest BCUT2D eigenvalue weighted by Gasteiger charge is 2.32. The van der Waals surface area contributed by atoms with Gasteiger partial charge in [-0.2, -0.15) is 4.31 Å². The number of rotatable bonds is 6. The zero-order chi connectivity index (χ0) is 21.4. The van der Waals surface area contributed by atoms with Gasteiger partial charge in [-0.1, -0.05) is 18.5 Å². The van der Waals surface area contributed by atoms with Gasteiger partial charge >= 0.3 is 0 Å². The number of fused-ring (bicyclic) bond motifs is 1. The fourth-order valence-electron chi connectivity index (χ4n) is 3.13. The molecule has 1 unspecified atom stereocenters. The summed E-state index contributed by atoms with van der Waals surface area (Å²) in [6, 6.07) is 1.95. The van der Waals surface area contributed by atoms with Crippen LogP contribution in [0, 0.1) is 0 Å². The van der Waals surface area contributed by atoms with Crippen molar-refractivity contribution in [2.45, 2.75) is 24.3 Å². The minimum absolute atomic E-state index is 0.00495. The fourth-order valence-corrected chi connectivity index (χ4v) is 6.72. The molecule has 2 aliphatic heterocycles. The van der Waals surface area contributed by atoms with Crippen molar-refractivity contribution < 1.29 is 31.2 Å². The van der Waals surface area contributed by atoms with Gasteiger partial charge in [0.2, 0.25) is 15.9 Å². The largest absolute Gasteiger partial charge is 0.482 e. The molecule has 1 fully saturated rings. The summed E-state index contributed by atoms with van der Waals surface area (Å²) in [6.45, 7) is 0.816. The molecule has 3 rings (SSSR count). The van der Waals surface area contributed by atoms with Crippen molar-refractivity contribution in [1.82, 2.24) is 9.62 Å².